The summed E-state index contributed by atoms with van der Waals surface area (Å²) in [5.41, 5.74) is -0.535. The van der Waals surface area contributed by atoms with Crippen molar-refractivity contribution >= 4 is 29.3 Å². The first-order valence-corrected chi connectivity index (χ1v) is 9.26. The van der Waals surface area contributed by atoms with E-state index >= 15 is 0 Å². The van der Waals surface area contributed by atoms with E-state index in [9.17, 15) is 22.8 Å². The highest BCUT2D eigenvalue weighted by Crippen LogP contribution is 2.31. The Labute approximate surface area is 164 Å². The molecule has 0 fully saturated rings. The van der Waals surface area contributed by atoms with Crippen LogP contribution in [-0.2, 0) is 15.7 Å². The zero-order chi connectivity index (χ0) is 20.6. The van der Waals surface area contributed by atoms with Gasteiger partial charge in [-0.15, -0.1) is 11.8 Å². The van der Waals surface area contributed by atoms with Crippen molar-refractivity contribution in [2.75, 3.05) is 31.3 Å². The van der Waals surface area contributed by atoms with Crippen molar-refractivity contribution in [1.29, 1.82) is 0 Å². The predicted molar refractivity (Wildman–Crippen MR) is 101 cm³/mol. The standard InChI is InChI=1S/C19H19F3N2O3S/c1-27-10-9-23-17(25)12-28-16-8-3-2-7-15(16)18(26)24-14-6-4-5-13(11-14)19(20,21)22/h2-8,11H,9-10,12H2,1H3,(H,23,25)(H,24,26). The van der Waals surface area contributed by atoms with Gasteiger partial charge < -0.3 is 15.4 Å². The summed E-state index contributed by atoms with van der Waals surface area (Å²) in [5, 5.41) is 5.14. The number of amides is 2. The lowest BCUT2D eigenvalue weighted by Gasteiger charge is -2.12. The molecule has 5 nitrogen and oxygen atoms in total. The molecule has 0 aliphatic heterocycles. The molecule has 0 spiro atoms. The lowest BCUT2D eigenvalue weighted by molar-refractivity contribution is -0.137. The summed E-state index contributed by atoms with van der Waals surface area (Å²) >= 11 is 1.17. The lowest BCUT2D eigenvalue weighted by atomic mass is 10.1. The van der Waals surface area contributed by atoms with Gasteiger partial charge >= 0.3 is 6.18 Å². The van der Waals surface area contributed by atoms with Crippen LogP contribution in [0.4, 0.5) is 18.9 Å². The molecule has 0 aromatic heterocycles. The number of rotatable bonds is 8. The van der Waals surface area contributed by atoms with Crippen molar-refractivity contribution in [2.45, 2.75) is 11.1 Å². The molecule has 0 radical (unpaired) electrons. The smallest absolute Gasteiger partial charge is 0.383 e. The van der Waals surface area contributed by atoms with Gasteiger partial charge in [-0.25, -0.2) is 0 Å². The average molecular weight is 412 g/mol. The van der Waals surface area contributed by atoms with Gasteiger partial charge in [-0.05, 0) is 30.3 Å². The monoisotopic (exact) mass is 412 g/mol. The van der Waals surface area contributed by atoms with E-state index in [4.69, 9.17) is 4.74 Å². The lowest BCUT2D eigenvalue weighted by Crippen LogP contribution is -2.28. The maximum atomic E-state index is 12.8. The van der Waals surface area contributed by atoms with Gasteiger partial charge in [0.15, 0.2) is 0 Å². The molecule has 0 unspecified atom stereocenters. The van der Waals surface area contributed by atoms with E-state index < -0.39 is 17.6 Å². The summed E-state index contributed by atoms with van der Waals surface area (Å²) in [6.45, 7) is 0.778. The fraction of sp³-hybridized carbons (Fsp3) is 0.263. The van der Waals surface area contributed by atoms with E-state index in [0.717, 1.165) is 12.1 Å². The minimum Gasteiger partial charge on any atom is -0.383 e. The highest BCUT2D eigenvalue weighted by atomic mass is 32.2. The van der Waals surface area contributed by atoms with E-state index in [1.165, 1.54) is 31.0 Å². The molecule has 2 amide bonds. The summed E-state index contributed by atoms with van der Waals surface area (Å²) in [6, 6.07) is 11.0. The Bertz CT molecular complexity index is 828. The molecule has 0 bridgehead atoms. The van der Waals surface area contributed by atoms with Crippen LogP contribution in [0.5, 0.6) is 0 Å². The Balaban J connectivity index is 2.05. The average Bonchev–Trinajstić information content (AvgIpc) is 2.66. The number of hydrogen-bond acceptors (Lipinski definition) is 4. The van der Waals surface area contributed by atoms with Crippen molar-refractivity contribution in [2.24, 2.45) is 0 Å². The van der Waals surface area contributed by atoms with Crippen LogP contribution < -0.4 is 10.6 Å². The highest BCUT2D eigenvalue weighted by molar-refractivity contribution is 8.00. The number of alkyl halides is 3. The molecule has 0 heterocycles. The van der Waals surface area contributed by atoms with Gasteiger partial charge in [0.05, 0.1) is 23.5 Å². The number of ether oxygens (including phenoxy) is 1. The Kier molecular flexibility index (Phi) is 7.89. The van der Waals surface area contributed by atoms with Crippen molar-refractivity contribution in [1.82, 2.24) is 5.32 Å². The van der Waals surface area contributed by atoms with Gasteiger partial charge in [0.25, 0.3) is 5.91 Å². The SMILES string of the molecule is COCCNC(=O)CSc1ccccc1C(=O)Nc1cccc(C(F)(F)F)c1. The van der Waals surface area contributed by atoms with E-state index in [-0.39, 0.29) is 22.9 Å². The Morgan fingerprint density at radius 1 is 1.11 bits per heavy atom. The van der Waals surface area contributed by atoms with Gasteiger partial charge in [0.2, 0.25) is 5.91 Å². The molecule has 2 N–H and O–H groups in total. The van der Waals surface area contributed by atoms with Crippen LogP contribution in [0, 0.1) is 0 Å². The number of halogens is 3. The molecule has 28 heavy (non-hydrogen) atoms. The highest BCUT2D eigenvalue weighted by Gasteiger charge is 2.30. The topological polar surface area (TPSA) is 67.4 Å². The molecule has 0 aliphatic rings. The van der Waals surface area contributed by atoms with Crippen molar-refractivity contribution in [3.05, 3.63) is 59.7 Å². The minimum atomic E-state index is -4.50. The van der Waals surface area contributed by atoms with Gasteiger partial charge in [-0.2, -0.15) is 13.2 Å². The van der Waals surface area contributed by atoms with Gasteiger partial charge in [-0.1, -0.05) is 18.2 Å². The Hall–Kier alpha value is -2.52. The zero-order valence-electron chi connectivity index (χ0n) is 15.0. The van der Waals surface area contributed by atoms with Crippen molar-refractivity contribution in [3.8, 4) is 0 Å². The van der Waals surface area contributed by atoms with Gasteiger partial charge in [0.1, 0.15) is 0 Å². The molecule has 2 rings (SSSR count). The molecular weight excluding hydrogens is 393 g/mol. The maximum absolute atomic E-state index is 12.8. The number of carbonyl (C=O) groups is 2. The molecule has 2 aromatic carbocycles. The normalized spacial score (nSPS) is 11.1. The summed E-state index contributed by atoms with van der Waals surface area (Å²) in [6.07, 6.45) is -4.50. The summed E-state index contributed by atoms with van der Waals surface area (Å²) in [5.74, 6) is -0.672. The summed E-state index contributed by atoms with van der Waals surface area (Å²) in [7, 11) is 1.53. The summed E-state index contributed by atoms with van der Waals surface area (Å²) < 4.78 is 43.3. The maximum Gasteiger partial charge on any atom is 0.416 e. The largest absolute Gasteiger partial charge is 0.416 e. The molecule has 0 saturated heterocycles. The number of carbonyl (C=O) groups excluding carboxylic acids is 2. The van der Waals surface area contributed by atoms with Crippen LogP contribution in [0.2, 0.25) is 0 Å². The molecule has 0 saturated carbocycles. The molecule has 9 heteroatoms. The van der Waals surface area contributed by atoms with Crippen molar-refractivity contribution < 1.29 is 27.5 Å². The molecule has 150 valence electrons. The third kappa shape index (κ3) is 6.58. The fourth-order valence-electron chi connectivity index (χ4n) is 2.24. The van der Waals surface area contributed by atoms with Crippen LogP contribution in [0.15, 0.2) is 53.4 Å². The quantitative estimate of drug-likeness (QED) is 0.511. The van der Waals surface area contributed by atoms with E-state index in [0.29, 0.717) is 18.0 Å². The second kappa shape index (κ2) is 10.1. The molecule has 0 atom stereocenters. The van der Waals surface area contributed by atoms with E-state index in [1.807, 2.05) is 0 Å². The number of benzene rings is 2. The van der Waals surface area contributed by atoms with Gasteiger partial charge in [-0.3, -0.25) is 9.59 Å². The van der Waals surface area contributed by atoms with Crippen LogP contribution >= 0.6 is 11.8 Å². The second-order valence-corrected chi connectivity index (χ2v) is 6.68. The summed E-state index contributed by atoms with van der Waals surface area (Å²) in [4.78, 5) is 24.9. The third-order valence-electron chi connectivity index (χ3n) is 3.57. The number of nitrogens with one attached hydrogen (secondary N) is 2. The minimum absolute atomic E-state index is 0.0388. The van der Waals surface area contributed by atoms with E-state index in [2.05, 4.69) is 10.6 Å². The molecule has 2 aromatic rings. The number of hydrogen-bond donors (Lipinski definition) is 2. The first-order chi connectivity index (χ1) is 13.3. The molecule has 0 aliphatic carbocycles. The zero-order valence-corrected chi connectivity index (χ0v) is 15.8. The van der Waals surface area contributed by atoms with Crippen LogP contribution in [0.25, 0.3) is 0 Å². The van der Waals surface area contributed by atoms with E-state index in [1.54, 1.807) is 24.3 Å². The predicted octanol–water partition coefficient (Wildman–Crippen LogP) is 3.81. The second-order valence-electron chi connectivity index (χ2n) is 5.66. The first-order valence-electron chi connectivity index (χ1n) is 8.27. The van der Waals surface area contributed by atoms with Crippen LogP contribution in [0.1, 0.15) is 15.9 Å². The van der Waals surface area contributed by atoms with Crippen molar-refractivity contribution in [3.63, 3.8) is 0 Å². The van der Waals surface area contributed by atoms with Crippen LogP contribution in [-0.4, -0.2) is 37.8 Å². The first kappa shape index (κ1) is 21.8. The number of methoxy groups -OCH3 is 1. The Morgan fingerprint density at radius 2 is 1.86 bits per heavy atom. The Morgan fingerprint density at radius 3 is 2.57 bits per heavy atom. The van der Waals surface area contributed by atoms with Gasteiger partial charge in [0, 0.05) is 24.2 Å². The third-order valence-corrected chi connectivity index (χ3v) is 4.64. The fourth-order valence-corrected chi connectivity index (χ4v) is 3.12. The number of thioether (sulfide) groups is 1. The molecular formula is C19H19F3N2O3S. The number of anilines is 1. The van der Waals surface area contributed by atoms with Crippen LogP contribution in [0.3, 0.4) is 0 Å².